The van der Waals surface area contributed by atoms with E-state index in [0.717, 1.165) is 16.3 Å². The lowest BCUT2D eigenvalue weighted by Gasteiger charge is -2.12. The second-order valence-corrected chi connectivity index (χ2v) is 5.03. The highest BCUT2D eigenvalue weighted by Crippen LogP contribution is 2.29. The summed E-state index contributed by atoms with van der Waals surface area (Å²) in [5.41, 5.74) is 3.42. The van der Waals surface area contributed by atoms with E-state index in [2.05, 4.69) is 35.0 Å². The van der Waals surface area contributed by atoms with Crippen LogP contribution < -0.4 is 4.74 Å². The van der Waals surface area contributed by atoms with Crippen molar-refractivity contribution in [2.75, 3.05) is 0 Å². The van der Waals surface area contributed by atoms with Crippen molar-refractivity contribution in [3.63, 3.8) is 0 Å². The Balaban J connectivity index is 2.16. The molecule has 2 rings (SSSR count). The Morgan fingerprint density at radius 3 is 2.61 bits per heavy atom. The average Bonchev–Trinajstić information content (AvgIpc) is 2.38. The highest BCUT2D eigenvalue weighted by Gasteiger charge is 2.07. The fourth-order valence-electron chi connectivity index (χ4n) is 1.73. The normalized spacial score (nSPS) is 10.4. The Hall–Kier alpha value is -0.990. The van der Waals surface area contributed by atoms with Gasteiger partial charge in [0.1, 0.15) is 12.4 Å². The molecule has 2 aromatic carbocycles. The molecule has 0 heterocycles. The Labute approximate surface area is 121 Å². The molecule has 2 aromatic rings. The predicted molar refractivity (Wildman–Crippen MR) is 79.6 cm³/mol. The van der Waals surface area contributed by atoms with Gasteiger partial charge in [-0.15, -0.1) is 0 Å². The fourth-order valence-corrected chi connectivity index (χ4v) is 2.70. The molecule has 1 nitrogen and oxygen atoms in total. The van der Waals surface area contributed by atoms with Gasteiger partial charge in [0.15, 0.2) is 0 Å². The molecular formula is C15H14BrClO. The van der Waals surface area contributed by atoms with Crippen LogP contribution in [0.25, 0.3) is 0 Å². The number of benzene rings is 2. The van der Waals surface area contributed by atoms with Crippen molar-refractivity contribution in [1.29, 1.82) is 0 Å². The molecule has 0 amide bonds. The maximum Gasteiger partial charge on any atom is 0.125 e. The third-order valence-electron chi connectivity index (χ3n) is 2.85. The van der Waals surface area contributed by atoms with Crippen LogP contribution in [0.1, 0.15) is 16.7 Å². The van der Waals surface area contributed by atoms with E-state index in [0.29, 0.717) is 11.9 Å². The van der Waals surface area contributed by atoms with Crippen molar-refractivity contribution in [3.05, 3.63) is 64.2 Å². The van der Waals surface area contributed by atoms with E-state index in [1.807, 2.05) is 30.3 Å². The number of hydrogen-bond donors (Lipinski definition) is 0. The number of halogens is 2. The van der Waals surface area contributed by atoms with E-state index < -0.39 is 0 Å². The standard InChI is InChI=1S/C15H14BrClO/c1-11-5-2-3-6-12(11)10-18-15-8-4-7-14(17)13(15)9-16/h2-8H,9-10H2,1H3. The minimum Gasteiger partial charge on any atom is -0.489 e. The summed E-state index contributed by atoms with van der Waals surface area (Å²) in [4.78, 5) is 0. The van der Waals surface area contributed by atoms with Crippen molar-refractivity contribution < 1.29 is 4.74 Å². The van der Waals surface area contributed by atoms with Gasteiger partial charge in [0.05, 0.1) is 0 Å². The molecule has 0 aliphatic heterocycles. The monoisotopic (exact) mass is 324 g/mol. The van der Waals surface area contributed by atoms with Gasteiger partial charge >= 0.3 is 0 Å². The summed E-state index contributed by atoms with van der Waals surface area (Å²) in [5, 5.41) is 1.42. The van der Waals surface area contributed by atoms with Gasteiger partial charge in [-0.3, -0.25) is 0 Å². The molecule has 0 N–H and O–H groups in total. The molecule has 0 aromatic heterocycles. The zero-order valence-corrected chi connectivity index (χ0v) is 12.5. The highest BCUT2D eigenvalue weighted by molar-refractivity contribution is 9.08. The molecule has 0 spiro atoms. The molecule has 94 valence electrons. The van der Waals surface area contributed by atoms with Gasteiger partial charge in [-0.2, -0.15) is 0 Å². The van der Waals surface area contributed by atoms with Crippen molar-refractivity contribution in [3.8, 4) is 5.75 Å². The van der Waals surface area contributed by atoms with E-state index in [9.17, 15) is 0 Å². The molecule has 0 radical (unpaired) electrons. The first-order valence-electron chi connectivity index (χ1n) is 5.73. The molecular weight excluding hydrogens is 312 g/mol. The Bertz CT molecular complexity index is 540. The van der Waals surface area contributed by atoms with Crippen molar-refractivity contribution in [2.45, 2.75) is 18.9 Å². The van der Waals surface area contributed by atoms with E-state index in [1.165, 1.54) is 11.1 Å². The maximum absolute atomic E-state index is 6.13. The van der Waals surface area contributed by atoms with Gasteiger partial charge in [0.25, 0.3) is 0 Å². The molecule has 0 saturated carbocycles. The third kappa shape index (κ3) is 3.06. The number of hydrogen-bond acceptors (Lipinski definition) is 1. The number of aryl methyl sites for hydroxylation is 1. The van der Waals surface area contributed by atoms with Crippen LogP contribution >= 0.6 is 27.5 Å². The van der Waals surface area contributed by atoms with E-state index >= 15 is 0 Å². The summed E-state index contributed by atoms with van der Waals surface area (Å²) in [6, 6.07) is 13.9. The second-order valence-electron chi connectivity index (χ2n) is 4.07. The quantitative estimate of drug-likeness (QED) is 0.709. The lowest BCUT2D eigenvalue weighted by molar-refractivity contribution is 0.303. The summed E-state index contributed by atoms with van der Waals surface area (Å²) < 4.78 is 5.86. The Morgan fingerprint density at radius 2 is 1.89 bits per heavy atom. The number of ether oxygens (including phenoxy) is 1. The van der Waals surface area contributed by atoms with Crippen molar-refractivity contribution in [2.24, 2.45) is 0 Å². The van der Waals surface area contributed by atoms with Gasteiger partial charge in [0, 0.05) is 15.9 Å². The number of alkyl halides is 1. The summed E-state index contributed by atoms with van der Waals surface area (Å²) in [7, 11) is 0. The SMILES string of the molecule is Cc1ccccc1COc1cccc(Cl)c1CBr. The van der Waals surface area contributed by atoms with Crippen LogP contribution in [0.3, 0.4) is 0 Å². The number of rotatable bonds is 4. The first-order valence-corrected chi connectivity index (χ1v) is 7.23. The van der Waals surface area contributed by atoms with Gasteiger partial charge in [0.2, 0.25) is 0 Å². The third-order valence-corrected chi connectivity index (χ3v) is 3.77. The van der Waals surface area contributed by atoms with Gasteiger partial charge in [-0.1, -0.05) is 57.9 Å². The van der Waals surface area contributed by atoms with Crippen LogP contribution in [-0.4, -0.2) is 0 Å². The summed E-state index contributed by atoms with van der Waals surface area (Å²) in [6.07, 6.45) is 0. The van der Waals surface area contributed by atoms with Crippen LogP contribution in [0, 0.1) is 6.92 Å². The molecule has 0 aliphatic carbocycles. The molecule has 18 heavy (non-hydrogen) atoms. The van der Waals surface area contributed by atoms with Crippen LogP contribution in [0.15, 0.2) is 42.5 Å². The minimum atomic E-state index is 0.563. The first kappa shape index (κ1) is 13.4. The molecule has 0 fully saturated rings. The van der Waals surface area contributed by atoms with Crippen LogP contribution in [0.2, 0.25) is 5.02 Å². The molecule has 0 unspecified atom stereocenters. The zero-order valence-electron chi connectivity index (χ0n) is 10.1. The Kier molecular flexibility index (Phi) is 4.67. The van der Waals surface area contributed by atoms with Crippen molar-refractivity contribution in [1.82, 2.24) is 0 Å². The predicted octanol–water partition coefficient (Wildman–Crippen LogP) is 5.12. The Morgan fingerprint density at radius 1 is 1.11 bits per heavy atom. The van der Waals surface area contributed by atoms with Crippen LogP contribution in [-0.2, 0) is 11.9 Å². The maximum atomic E-state index is 6.13. The van der Waals surface area contributed by atoms with Crippen LogP contribution in [0.5, 0.6) is 5.75 Å². The summed E-state index contributed by atoms with van der Waals surface area (Å²) in [6.45, 7) is 2.65. The largest absolute Gasteiger partial charge is 0.489 e. The van der Waals surface area contributed by atoms with Gasteiger partial charge in [-0.25, -0.2) is 0 Å². The zero-order chi connectivity index (χ0) is 13.0. The van der Waals surface area contributed by atoms with E-state index in [-0.39, 0.29) is 0 Å². The second kappa shape index (κ2) is 6.26. The first-order chi connectivity index (χ1) is 8.72. The van der Waals surface area contributed by atoms with Crippen LogP contribution in [0.4, 0.5) is 0 Å². The van der Waals surface area contributed by atoms with E-state index in [4.69, 9.17) is 16.3 Å². The summed E-state index contributed by atoms with van der Waals surface area (Å²) in [5.74, 6) is 0.836. The molecule has 3 heteroatoms. The van der Waals surface area contributed by atoms with Gasteiger partial charge < -0.3 is 4.74 Å². The smallest absolute Gasteiger partial charge is 0.125 e. The molecule has 0 bridgehead atoms. The highest BCUT2D eigenvalue weighted by atomic mass is 79.9. The summed E-state index contributed by atoms with van der Waals surface area (Å²) >= 11 is 9.57. The average molecular weight is 326 g/mol. The topological polar surface area (TPSA) is 9.23 Å². The van der Waals surface area contributed by atoms with Gasteiger partial charge in [-0.05, 0) is 30.2 Å². The lowest BCUT2D eigenvalue weighted by atomic mass is 10.1. The van der Waals surface area contributed by atoms with E-state index in [1.54, 1.807) is 0 Å². The fraction of sp³-hybridized carbons (Fsp3) is 0.200. The van der Waals surface area contributed by atoms with Crippen molar-refractivity contribution >= 4 is 27.5 Å². The molecule has 0 aliphatic rings. The molecule has 0 saturated heterocycles. The minimum absolute atomic E-state index is 0.563. The molecule has 0 atom stereocenters. The lowest BCUT2D eigenvalue weighted by Crippen LogP contribution is -1.99.